The molecule has 1 aromatic carbocycles. The summed E-state index contributed by atoms with van der Waals surface area (Å²) >= 11 is 1.56. The SMILES string of the molecule is Cc1ccccc1[C@H]1S[C@H](C)C(=O)N1CCC(=O)[O-]. The zero-order chi connectivity index (χ0) is 14.0. The van der Waals surface area contributed by atoms with Gasteiger partial charge in [0.2, 0.25) is 5.91 Å². The first kappa shape index (κ1) is 13.9. The maximum atomic E-state index is 12.1. The van der Waals surface area contributed by atoms with Crippen molar-refractivity contribution in [3.63, 3.8) is 0 Å². The van der Waals surface area contributed by atoms with E-state index in [0.717, 1.165) is 11.1 Å². The number of aryl methyl sites for hydroxylation is 1. The Kier molecular flexibility index (Phi) is 4.14. The van der Waals surface area contributed by atoms with E-state index in [1.807, 2.05) is 38.1 Å². The highest BCUT2D eigenvalue weighted by molar-refractivity contribution is 8.01. The van der Waals surface area contributed by atoms with Gasteiger partial charge in [0.1, 0.15) is 5.37 Å². The van der Waals surface area contributed by atoms with Crippen LogP contribution in [0.15, 0.2) is 24.3 Å². The Labute approximate surface area is 116 Å². The van der Waals surface area contributed by atoms with Crippen LogP contribution in [-0.2, 0) is 9.59 Å². The number of rotatable bonds is 4. The molecule has 0 aliphatic carbocycles. The molecule has 5 heteroatoms. The summed E-state index contributed by atoms with van der Waals surface area (Å²) in [5, 5.41) is 10.4. The topological polar surface area (TPSA) is 60.4 Å². The predicted molar refractivity (Wildman–Crippen MR) is 72.3 cm³/mol. The van der Waals surface area contributed by atoms with Gasteiger partial charge in [-0.15, -0.1) is 11.8 Å². The third-order valence-corrected chi connectivity index (χ3v) is 4.63. The number of carboxylic acid groups (broad SMARTS) is 1. The van der Waals surface area contributed by atoms with Crippen molar-refractivity contribution in [2.45, 2.75) is 30.9 Å². The molecule has 2 rings (SSSR count). The molecule has 1 aliphatic rings. The fraction of sp³-hybridized carbons (Fsp3) is 0.429. The lowest BCUT2D eigenvalue weighted by Gasteiger charge is -2.25. The summed E-state index contributed by atoms with van der Waals surface area (Å²) < 4.78 is 0. The summed E-state index contributed by atoms with van der Waals surface area (Å²) in [4.78, 5) is 24.3. The molecule has 0 unspecified atom stereocenters. The Hall–Kier alpha value is -1.49. The van der Waals surface area contributed by atoms with Gasteiger partial charge in [0.15, 0.2) is 0 Å². The lowest BCUT2D eigenvalue weighted by Crippen LogP contribution is -2.35. The minimum atomic E-state index is -1.12. The van der Waals surface area contributed by atoms with Gasteiger partial charge in [0.05, 0.1) is 5.25 Å². The molecule has 0 spiro atoms. The number of carbonyl (C=O) groups is 2. The van der Waals surface area contributed by atoms with E-state index in [9.17, 15) is 14.7 Å². The molecule has 4 nitrogen and oxygen atoms in total. The van der Waals surface area contributed by atoms with E-state index in [1.165, 1.54) is 0 Å². The highest BCUT2D eigenvalue weighted by Crippen LogP contribution is 2.43. The second-order valence-corrected chi connectivity index (χ2v) is 6.07. The molecule has 0 bridgehead atoms. The minimum Gasteiger partial charge on any atom is -0.550 e. The van der Waals surface area contributed by atoms with Gasteiger partial charge in [0, 0.05) is 18.9 Å². The summed E-state index contributed by atoms with van der Waals surface area (Å²) in [6, 6.07) is 7.88. The van der Waals surface area contributed by atoms with Gasteiger partial charge in [0.25, 0.3) is 0 Å². The van der Waals surface area contributed by atoms with E-state index in [-0.39, 0.29) is 29.5 Å². The standard InChI is InChI=1S/C14H17NO3S/c1-9-5-3-4-6-11(9)14-15(8-7-12(16)17)13(18)10(2)19-14/h3-6,10,14H,7-8H2,1-2H3,(H,16,17)/p-1/t10-,14-/m1/s1. The average Bonchev–Trinajstić information content (AvgIpc) is 2.64. The lowest BCUT2D eigenvalue weighted by molar-refractivity contribution is -0.305. The van der Waals surface area contributed by atoms with Crippen molar-refractivity contribution in [1.82, 2.24) is 4.90 Å². The van der Waals surface area contributed by atoms with Gasteiger partial charge in [-0.1, -0.05) is 24.3 Å². The number of thioether (sulfide) groups is 1. The van der Waals surface area contributed by atoms with Crippen LogP contribution in [0.3, 0.4) is 0 Å². The maximum absolute atomic E-state index is 12.1. The quantitative estimate of drug-likeness (QED) is 0.827. The number of amides is 1. The van der Waals surface area contributed by atoms with E-state index in [0.29, 0.717) is 0 Å². The van der Waals surface area contributed by atoms with Crippen LogP contribution >= 0.6 is 11.8 Å². The molecule has 1 fully saturated rings. The van der Waals surface area contributed by atoms with E-state index >= 15 is 0 Å². The molecule has 0 saturated carbocycles. The van der Waals surface area contributed by atoms with Gasteiger partial charge in [-0.05, 0) is 25.0 Å². The summed E-state index contributed by atoms with van der Waals surface area (Å²) in [6.07, 6.45) is -0.124. The maximum Gasteiger partial charge on any atom is 0.236 e. The molecular weight excluding hydrogens is 262 g/mol. The Morgan fingerprint density at radius 1 is 1.42 bits per heavy atom. The molecule has 102 valence electrons. The summed E-state index contributed by atoms with van der Waals surface area (Å²) in [6.45, 7) is 4.06. The first-order valence-corrected chi connectivity index (χ1v) is 7.16. The van der Waals surface area contributed by atoms with Crippen LogP contribution in [0.4, 0.5) is 0 Å². The smallest absolute Gasteiger partial charge is 0.236 e. The van der Waals surface area contributed by atoms with E-state index < -0.39 is 5.97 Å². The highest BCUT2D eigenvalue weighted by atomic mass is 32.2. The van der Waals surface area contributed by atoms with Crippen molar-refractivity contribution in [2.24, 2.45) is 0 Å². The van der Waals surface area contributed by atoms with Crippen LogP contribution in [0.25, 0.3) is 0 Å². The van der Waals surface area contributed by atoms with Gasteiger partial charge >= 0.3 is 0 Å². The summed E-state index contributed by atoms with van der Waals surface area (Å²) in [5.41, 5.74) is 2.18. The second kappa shape index (κ2) is 5.65. The highest BCUT2D eigenvalue weighted by Gasteiger charge is 2.38. The van der Waals surface area contributed by atoms with Crippen molar-refractivity contribution >= 4 is 23.6 Å². The number of carboxylic acids is 1. The van der Waals surface area contributed by atoms with Crippen LogP contribution < -0.4 is 5.11 Å². The molecule has 19 heavy (non-hydrogen) atoms. The molecule has 1 aliphatic heterocycles. The fourth-order valence-corrected chi connectivity index (χ4v) is 3.62. The zero-order valence-corrected chi connectivity index (χ0v) is 11.8. The predicted octanol–water partition coefficient (Wildman–Crippen LogP) is 1.10. The number of benzene rings is 1. The van der Waals surface area contributed by atoms with Gasteiger partial charge < -0.3 is 14.8 Å². The molecule has 1 heterocycles. The largest absolute Gasteiger partial charge is 0.550 e. The van der Waals surface area contributed by atoms with Crippen molar-refractivity contribution in [3.8, 4) is 0 Å². The monoisotopic (exact) mass is 278 g/mol. The molecule has 0 aromatic heterocycles. The number of hydrogen-bond donors (Lipinski definition) is 0. The molecule has 1 aromatic rings. The first-order valence-electron chi connectivity index (χ1n) is 6.22. The van der Waals surface area contributed by atoms with Crippen molar-refractivity contribution in [3.05, 3.63) is 35.4 Å². The molecule has 0 radical (unpaired) electrons. The summed E-state index contributed by atoms with van der Waals surface area (Å²) in [5.74, 6) is -1.12. The minimum absolute atomic E-state index is 0.000460. The summed E-state index contributed by atoms with van der Waals surface area (Å²) in [7, 11) is 0. The van der Waals surface area contributed by atoms with Gasteiger partial charge in [-0.3, -0.25) is 4.79 Å². The number of aliphatic carboxylic acids is 1. The Balaban J connectivity index is 2.25. The molecule has 1 amide bonds. The van der Waals surface area contributed by atoms with Crippen LogP contribution in [0.5, 0.6) is 0 Å². The van der Waals surface area contributed by atoms with Crippen molar-refractivity contribution in [1.29, 1.82) is 0 Å². The second-order valence-electron chi connectivity index (χ2n) is 4.64. The van der Waals surface area contributed by atoms with E-state index in [4.69, 9.17) is 0 Å². The Morgan fingerprint density at radius 3 is 2.74 bits per heavy atom. The van der Waals surface area contributed by atoms with E-state index in [2.05, 4.69) is 0 Å². The number of hydrogen-bond acceptors (Lipinski definition) is 4. The van der Waals surface area contributed by atoms with Crippen LogP contribution in [-0.4, -0.2) is 28.6 Å². The third kappa shape index (κ3) is 2.92. The fourth-order valence-electron chi connectivity index (χ4n) is 2.22. The Morgan fingerprint density at radius 2 is 2.11 bits per heavy atom. The first-order chi connectivity index (χ1) is 9.00. The van der Waals surface area contributed by atoms with Crippen LogP contribution in [0.1, 0.15) is 29.8 Å². The van der Waals surface area contributed by atoms with Crippen LogP contribution in [0, 0.1) is 6.92 Å². The average molecular weight is 278 g/mol. The molecule has 1 saturated heterocycles. The van der Waals surface area contributed by atoms with Crippen molar-refractivity contribution < 1.29 is 14.7 Å². The van der Waals surface area contributed by atoms with E-state index in [1.54, 1.807) is 16.7 Å². The molecule has 2 atom stereocenters. The van der Waals surface area contributed by atoms with Gasteiger partial charge in [-0.25, -0.2) is 0 Å². The zero-order valence-electron chi connectivity index (χ0n) is 11.0. The van der Waals surface area contributed by atoms with Gasteiger partial charge in [-0.2, -0.15) is 0 Å². The normalized spacial score (nSPS) is 22.8. The third-order valence-electron chi connectivity index (χ3n) is 3.26. The van der Waals surface area contributed by atoms with Crippen molar-refractivity contribution in [2.75, 3.05) is 6.54 Å². The Bertz CT molecular complexity index is 503. The lowest BCUT2D eigenvalue weighted by atomic mass is 10.1. The number of nitrogens with zero attached hydrogens (tertiary/aromatic N) is 1. The molecule has 0 N–H and O–H groups in total. The molecular formula is C14H16NO3S-. The number of carbonyl (C=O) groups excluding carboxylic acids is 2. The van der Waals surface area contributed by atoms with Crippen LogP contribution in [0.2, 0.25) is 0 Å².